The Morgan fingerprint density at radius 3 is 2.86 bits per heavy atom. The van der Waals surface area contributed by atoms with E-state index in [9.17, 15) is 0 Å². The summed E-state index contributed by atoms with van der Waals surface area (Å²) in [5, 5.41) is 9.50. The first-order chi connectivity index (χ1) is 6.74. The first kappa shape index (κ1) is 10.2. The van der Waals surface area contributed by atoms with Gasteiger partial charge in [-0.3, -0.25) is 0 Å². The molecule has 0 aromatic carbocycles. The van der Waals surface area contributed by atoms with Crippen LogP contribution in [0, 0.1) is 17.2 Å². The lowest BCUT2D eigenvalue weighted by Crippen LogP contribution is -2.26. The van der Waals surface area contributed by atoms with Crippen LogP contribution in [-0.2, 0) is 0 Å². The Hall–Kier alpha value is -0.330. The lowest BCUT2D eigenvalue weighted by Gasteiger charge is -2.32. The highest BCUT2D eigenvalue weighted by molar-refractivity contribution is 8.24. The van der Waals surface area contributed by atoms with Gasteiger partial charge in [-0.05, 0) is 36.8 Å². The van der Waals surface area contributed by atoms with E-state index in [1.54, 1.807) is 11.8 Å². The largest absolute Gasteiger partial charge is 0.198 e. The molecule has 2 rings (SSSR count). The average Bonchev–Trinajstić information content (AvgIpc) is 2.18. The number of allylic oxidation sites excluding steroid dienone is 1. The third-order valence-electron chi connectivity index (χ3n) is 3.03. The molecule has 1 heterocycles. The quantitative estimate of drug-likeness (QED) is 0.588. The Bertz CT molecular complexity index is 338. The van der Waals surface area contributed by atoms with Gasteiger partial charge in [0.15, 0.2) is 0 Å². The molecule has 0 radical (unpaired) electrons. The molecule has 0 aromatic rings. The summed E-state index contributed by atoms with van der Waals surface area (Å²) in [5.41, 5.74) is 2.69. The number of nitrogens with zero attached hydrogens (tertiary/aromatic N) is 1. The molecular formula is C11H13NS2. The molecule has 0 spiro atoms. The summed E-state index contributed by atoms with van der Waals surface area (Å²) in [6.07, 6.45) is 4.67. The van der Waals surface area contributed by atoms with Gasteiger partial charge in [0.1, 0.15) is 0 Å². The van der Waals surface area contributed by atoms with Crippen molar-refractivity contribution in [3.05, 3.63) is 11.1 Å². The van der Waals surface area contributed by atoms with Crippen LogP contribution in [0.1, 0.15) is 32.6 Å². The molecule has 74 valence electrons. The fourth-order valence-corrected chi connectivity index (χ4v) is 4.04. The standard InChI is InChI=1S/C11H13NS2/c1-7-10(6-12)8-4-2-3-5-9(8)11(13)14-7/h7,10H,2-5H2,1H3. The molecule has 0 bridgehead atoms. The summed E-state index contributed by atoms with van der Waals surface area (Å²) in [7, 11) is 0. The number of thiocarbonyl (C=S) groups is 1. The Morgan fingerprint density at radius 1 is 1.43 bits per heavy atom. The molecule has 1 aliphatic heterocycles. The van der Waals surface area contributed by atoms with Gasteiger partial charge in [0.25, 0.3) is 0 Å². The van der Waals surface area contributed by atoms with E-state index >= 15 is 0 Å². The number of hydrogen-bond donors (Lipinski definition) is 0. The van der Waals surface area contributed by atoms with Crippen molar-refractivity contribution in [2.75, 3.05) is 0 Å². The van der Waals surface area contributed by atoms with Crippen molar-refractivity contribution in [3.8, 4) is 6.07 Å². The van der Waals surface area contributed by atoms with Crippen molar-refractivity contribution in [1.29, 1.82) is 5.26 Å². The van der Waals surface area contributed by atoms with E-state index < -0.39 is 0 Å². The summed E-state index contributed by atoms with van der Waals surface area (Å²) < 4.78 is 1.05. The van der Waals surface area contributed by atoms with Gasteiger partial charge in [-0.25, -0.2) is 0 Å². The zero-order valence-corrected chi connectivity index (χ0v) is 9.88. The Labute approximate surface area is 94.6 Å². The van der Waals surface area contributed by atoms with Crippen molar-refractivity contribution in [2.24, 2.45) is 5.92 Å². The summed E-state index contributed by atoms with van der Waals surface area (Å²) >= 11 is 7.09. The highest BCUT2D eigenvalue weighted by atomic mass is 32.2. The van der Waals surface area contributed by atoms with E-state index in [0.717, 1.165) is 17.0 Å². The fourth-order valence-electron chi connectivity index (χ4n) is 2.28. The molecular weight excluding hydrogens is 210 g/mol. The molecule has 1 nitrogen and oxygen atoms in total. The molecule has 0 N–H and O–H groups in total. The molecule has 0 saturated heterocycles. The van der Waals surface area contributed by atoms with Gasteiger partial charge in [0, 0.05) is 5.25 Å². The van der Waals surface area contributed by atoms with Crippen molar-refractivity contribution in [2.45, 2.75) is 37.9 Å². The maximum absolute atomic E-state index is 9.15. The van der Waals surface area contributed by atoms with Crippen LogP contribution in [0.25, 0.3) is 0 Å². The van der Waals surface area contributed by atoms with Crippen LogP contribution in [0.15, 0.2) is 11.1 Å². The van der Waals surface area contributed by atoms with E-state index in [4.69, 9.17) is 17.5 Å². The molecule has 2 unspecified atom stereocenters. The first-order valence-electron chi connectivity index (χ1n) is 5.06. The minimum atomic E-state index is 0.113. The minimum absolute atomic E-state index is 0.113. The van der Waals surface area contributed by atoms with Crippen molar-refractivity contribution in [3.63, 3.8) is 0 Å². The van der Waals surface area contributed by atoms with Crippen LogP contribution in [0.4, 0.5) is 0 Å². The molecule has 0 aromatic heterocycles. The second-order valence-electron chi connectivity index (χ2n) is 3.93. The molecule has 0 amide bonds. The number of nitriles is 1. The van der Waals surface area contributed by atoms with E-state index in [1.807, 2.05) is 0 Å². The molecule has 0 fully saturated rings. The smallest absolute Gasteiger partial charge is 0.0798 e. The third-order valence-corrected chi connectivity index (χ3v) is 4.67. The molecule has 2 atom stereocenters. The third kappa shape index (κ3) is 1.62. The topological polar surface area (TPSA) is 23.8 Å². The number of rotatable bonds is 0. The summed E-state index contributed by atoms with van der Waals surface area (Å²) in [4.78, 5) is 0. The summed E-state index contributed by atoms with van der Waals surface area (Å²) in [6, 6.07) is 2.44. The minimum Gasteiger partial charge on any atom is -0.198 e. The number of hydrogen-bond acceptors (Lipinski definition) is 3. The predicted molar refractivity (Wildman–Crippen MR) is 64.2 cm³/mol. The summed E-state index contributed by atoms with van der Waals surface area (Å²) in [6.45, 7) is 2.11. The molecule has 3 heteroatoms. The zero-order valence-electron chi connectivity index (χ0n) is 8.25. The van der Waals surface area contributed by atoms with E-state index in [2.05, 4.69) is 13.0 Å². The van der Waals surface area contributed by atoms with E-state index in [0.29, 0.717) is 5.25 Å². The molecule has 1 aliphatic carbocycles. The Morgan fingerprint density at radius 2 is 2.14 bits per heavy atom. The van der Waals surface area contributed by atoms with Crippen LogP contribution in [0.5, 0.6) is 0 Å². The van der Waals surface area contributed by atoms with Crippen LogP contribution in [0.2, 0.25) is 0 Å². The molecule has 2 aliphatic rings. The number of thioether (sulfide) groups is 1. The predicted octanol–water partition coefficient (Wildman–Crippen LogP) is 3.46. The summed E-state index contributed by atoms with van der Waals surface area (Å²) in [5.74, 6) is 0.113. The molecule has 0 saturated carbocycles. The normalized spacial score (nSPS) is 32.4. The Balaban J connectivity index is 2.40. The fraction of sp³-hybridized carbons (Fsp3) is 0.636. The van der Waals surface area contributed by atoms with Gasteiger partial charge in [0.05, 0.1) is 16.2 Å². The maximum atomic E-state index is 9.15. The van der Waals surface area contributed by atoms with Crippen LogP contribution in [0.3, 0.4) is 0 Å². The zero-order chi connectivity index (χ0) is 10.1. The van der Waals surface area contributed by atoms with E-state index in [1.165, 1.54) is 24.0 Å². The van der Waals surface area contributed by atoms with Gasteiger partial charge in [-0.2, -0.15) is 5.26 Å². The van der Waals surface area contributed by atoms with Crippen LogP contribution in [-0.4, -0.2) is 9.45 Å². The van der Waals surface area contributed by atoms with Gasteiger partial charge in [0.2, 0.25) is 0 Å². The second kappa shape index (κ2) is 4.04. The maximum Gasteiger partial charge on any atom is 0.0798 e. The lowest BCUT2D eigenvalue weighted by atomic mass is 9.83. The van der Waals surface area contributed by atoms with Gasteiger partial charge in [-0.1, -0.05) is 19.1 Å². The first-order valence-corrected chi connectivity index (χ1v) is 6.35. The van der Waals surface area contributed by atoms with Crippen molar-refractivity contribution >= 4 is 28.2 Å². The second-order valence-corrected chi connectivity index (χ2v) is 5.98. The van der Waals surface area contributed by atoms with Gasteiger partial charge < -0.3 is 0 Å². The highest BCUT2D eigenvalue weighted by Gasteiger charge is 2.33. The van der Waals surface area contributed by atoms with Crippen LogP contribution >= 0.6 is 24.0 Å². The van der Waals surface area contributed by atoms with Gasteiger partial charge in [-0.15, -0.1) is 11.8 Å². The van der Waals surface area contributed by atoms with Crippen molar-refractivity contribution in [1.82, 2.24) is 0 Å². The van der Waals surface area contributed by atoms with Crippen molar-refractivity contribution < 1.29 is 0 Å². The Kier molecular flexibility index (Phi) is 2.94. The van der Waals surface area contributed by atoms with E-state index in [-0.39, 0.29) is 5.92 Å². The van der Waals surface area contributed by atoms with Crippen LogP contribution < -0.4 is 0 Å². The van der Waals surface area contributed by atoms with Gasteiger partial charge >= 0.3 is 0 Å². The lowest BCUT2D eigenvalue weighted by molar-refractivity contribution is 0.612. The highest BCUT2D eigenvalue weighted by Crippen LogP contribution is 2.42. The SMILES string of the molecule is CC1SC(=S)C2=C(CCCC2)C1C#N. The molecule has 14 heavy (non-hydrogen) atoms. The monoisotopic (exact) mass is 223 g/mol. The average molecular weight is 223 g/mol.